The number of rotatable bonds is 3. The molecule has 1 aromatic rings. The van der Waals surface area contributed by atoms with Gasteiger partial charge in [-0.2, -0.15) is 11.8 Å². The number of nitrogens with one attached hydrogen (secondary N) is 1. The van der Waals surface area contributed by atoms with Crippen molar-refractivity contribution >= 4 is 33.5 Å². The highest BCUT2D eigenvalue weighted by atomic mass is 79.9. The molecule has 76 valence electrons. The Hall–Kier alpha value is -0.220. The molecule has 2 rings (SSSR count). The van der Waals surface area contributed by atoms with Gasteiger partial charge < -0.3 is 5.32 Å². The highest BCUT2D eigenvalue weighted by Crippen LogP contribution is 2.27. The van der Waals surface area contributed by atoms with Gasteiger partial charge in [0.2, 0.25) is 0 Å². The molecular formula is C10H13BrN2S. The summed E-state index contributed by atoms with van der Waals surface area (Å²) in [5, 5.41) is 4.14. The summed E-state index contributed by atoms with van der Waals surface area (Å²) in [6.45, 7) is 1.03. The predicted molar refractivity (Wildman–Crippen MR) is 65.9 cm³/mol. The molecule has 2 nitrogen and oxygen atoms in total. The molecule has 14 heavy (non-hydrogen) atoms. The summed E-state index contributed by atoms with van der Waals surface area (Å²) in [7, 11) is 0. The molecule has 0 aliphatic carbocycles. The molecule has 0 amide bonds. The Balaban J connectivity index is 1.88. The Kier molecular flexibility index (Phi) is 3.70. The molecule has 1 fully saturated rings. The fourth-order valence-electron chi connectivity index (χ4n) is 1.53. The van der Waals surface area contributed by atoms with Crippen LogP contribution in [0.1, 0.15) is 12.8 Å². The topological polar surface area (TPSA) is 24.9 Å². The van der Waals surface area contributed by atoms with Crippen molar-refractivity contribution in [3.63, 3.8) is 0 Å². The summed E-state index contributed by atoms with van der Waals surface area (Å²) in [5.74, 6) is 2.27. The third-order valence-electron chi connectivity index (χ3n) is 2.28. The molecule has 0 radical (unpaired) electrons. The number of aromatic nitrogens is 1. The highest BCUT2D eigenvalue weighted by Gasteiger charge is 2.15. The second kappa shape index (κ2) is 5.03. The van der Waals surface area contributed by atoms with Gasteiger partial charge in [-0.05, 0) is 46.7 Å². The van der Waals surface area contributed by atoms with Gasteiger partial charge in [0.15, 0.2) is 0 Å². The van der Waals surface area contributed by atoms with E-state index < -0.39 is 0 Å². The van der Waals surface area contributed by atoms with E-state index in [-0.39, 0.29) is 0 Å². The van der Waals surface area contributed by atoms with Crippen LogP contribution in [0.4, 0.5) is 5.82 Å². The zero-order valence-corrected chi connectivity index (χ0v) is 10.3. The average molecular weight is 273 g/mol. The van der Waals surface area contributed by atoms with E-state index in [4.69, 9.17) is 0 Å². The average Bonchev–Trinajstić information content (AvgIpc) is 2.69. The van der Waals surface area contributed by atoms with Gasteiger partial charge >= 0.3 is 0 Å². The maximum atomic E-state index is 4.27. The van der Waals surface area contributed by atoms with Gasteiger partial charge in [0.1, 0.15) is 5.82 Å². The van der Waals surface area contributed by atoms with E-state index in [0.717, 1.165) is 22.1 Å². The first-order valence-corrected chi connectivity index (χ1v) is 6.66. The van der Waals surface area contributed by atoms with Crippen molar-refractivity contribution in [1.29, 1.82) is 0 Å². The van der Waals surface area contributed by atoms with E-state index in [1.165, 1.54) is 18.6 Å². The number of hydrogen-bond donors (Lipinski definition) is 1. The smallest absolute Gasteiger partial charge is 0.140 e. The molecular weight excluding hydrogens is 260 g/mol. The third-order valence-corrected chi connectivity index (χ3v) is 4.32. The Morgan fingerprint density at radius 1 is 1.64 bits per heavy atom. The van der Waals surface area contributed by atoms with Crippen molar-refractivity contribution in [2.45, 2.75) is 18.1 Å². The first-order chi connectivity index (χ1) is 6.86. The van der Waals surface area contributed by atoms with Gasteiger partial charge in [-0.1, -0.05) is 0 Å². The summed E-state index contributed by atoms with van der Waals surface area (Å²) in [6.07, 6.45) is 4.51. The molecule has 1 atom stereocenters. The monoisotopic (exact) mass is 272 g/mol. The molecule has 1 N–H and O–H groups in total. The highest BCUT2D eigenvalue weighted by molar-refractivity contribution is 9.10. The van der Waals surface area contributed by atoms with Gasteiger partial charge in [0.25, 0.3) is 0 Å². The van der Waals surface area contributed by atoms with Gasteiger partial charge in [0, 0.05) is 18.0 Å². The largest absolute Gasteiger partial charge is 0.368 e. The molecule has 1 saturated heterocycles. The maximum absolute atomic E-state index is 4.27. The molecule has 1 aliphatic heterocycles. The standard InChI is InChI=1S/C10H13BrN2S/c11-9-4-1-5-12-10(9)13-7-8-3-2-6-14-8/h1,4-5,8H,2-3,6-7H2,(H,12,13). The van der Waals surface area contributed by atoms with Crippen LogP contribution in [0.15, 0.2) is 22.8 Å². The minimum Gasteiger partial charge on any atom is -0.368 e. The van der Waals surface area contributed by atoms with E-state index in [2.05, 4.69) is 38.0 Å². The number of thioether (sulfide) groups is 1. The molecule has 1 unspecified atom stereocenters. The van der Waals surface area contributed by atoms with Gasteiger partial charge in [-0.15, -0.1) is 0 Å². The zero-order valence-electron chi connectivity index (χ0n) is 7.87. The number of nitrogens with zero attached hydrogens (tertiary/aromatic N) is 1. The van der Waals surface area contributed by atoms with Crippen molar-refractivity contribution in [3.05, 3.63) is 22.8 Å². The van der Waals surface area contributed by atoms with E-state index >= 15 is 0 Å². The second-order valence-electron chi connectivity index (χ2n) is 3.35. The molecule has 0 saturated carbocycles. The van der Waals surface area contributed by atoms with Crippen LogP contribution in [0.25, 0.3) is 0 Å². The molecule has 0 bridgehead atoms. The first kappa shape index (κ1) is 10.3. The van der Waals surface area contributed by atoms with Crippen LogP contribution in [-0.4, -0.2) is 22.5 Å². The van der Waals surface area contributed by atoms with Crippen LogP contribution in [0, 0.1) is 0 Å². The van der Waals surface area contributed by atoms with Crippen LogP contribution in [0.2, 0.25) is 0 Å². The van der Waals surface area contributed by atoms with Crippen molar-refractivity contribution in [2.75, 3.05) is 17.6 Å². The van der Waals surface area contributed by atoms with E-state index in [1.54, 1.807) is 0 Å². The fraction of sp³-hybridized carbons (Fsp3) is 0.500. The van der Waals surface area contributed by atoms with Crippen molar-refractivity contribution in [1.82, 2.24) is 4.98 Å². The Labute approximate surface area is 97.0 Å². The van der Waals surface area contributed by atoms with Crippen LogP contribution in [0.3, 0.4) is 0 Å². The number of pyridine rings is 1. The van der Waals surface area contributed by atoms with Crippen LogP contribution >= 0.6 is 27.7 Å². The van der Waals surface area contributed by atoms with Crippen LogP contribution in [-0.2, 0) is 0 Å². The Morgan fingerprint density at radius 2 is 2.57 bits per heavy atom. The molecule has 1 aliphatic rings. The predicted octanol–water partition coefficient (Wildman–Crippen LogP) is 3.15. The van der Waals surface area contributed by atoms with E-state index in [9.17, 15) is 0 Å². The number of hydrogen-bond acceptors (Lipinski definition) is 3. The number of anilines is 1. The summed E-state index contributed by atoms with van der Waals surface area (Å²) in [4.78, 5) is 4.27. The third kappa shape index (κ3) is 2.64. The maximum Gasteiger partial charge on any atom is 0.140 e. The van der Waals surface area contributed by atoms with Crippen LogP contribution < -0.4 is 5.32 Å². The lowest BCUT2D eigenvalue weighted by Gasteiger charge is -2.11. The van der Waals surface area contributed by atoms with Crippen molar-refractivity contribution < 1.29 is 0 Å². The molecule has 1 aromatic heterocycles. The van der Waals surface area contributed by atoms with Crippen molar-refractivity contribution in [3.8, 4) is 0 Å². The quantitative estimate of drug-likeness (QED) is 0.915. The lowest BCUT2D eigenvalue weighted by Crippen LogP contribution is -2.14. The normalized spacial score (nSPS) is 21.1. The van der Waals surface area contributed by atoms with Gasteiger partial charge in [-0.25, -0.2) is 4.98 Å². The first-order valence-electron chi connectivity index (χ1n) is 4.82. The Bertz CT molecular complexity index is 300. The summed E-state index contributed by atoms with van der Waals surface area (Å²) < 4.78 is 1.04. The minimum absolute atomic E-state index is 0.768. The van der Waals surface area contributed by atoms with Gasteiger partial charge in [0.05, 0.1) is 4.47 Å². The number of halogens is 1. The molecule has 2 heterocycles. The van der Waals surface area contributed by atoms with E-state index in [1.807, 2.05) is 18.3 Å². The van der Waals surface area contributed by atoms with Crippen LogP contribution in [0.5, 0.6) is 0 Å². The molecule has 4 heteroatoms. The molecule has 0 spiro atoms. The summed E-state index contributed by atoms with van der Waals surface area (Å²) in [6, 6.07) is 3.94. The van der Waals surface area contributed by atoms with E-state index in [0.29, 0.717) is 0 Å². The lowest BCUT2D eigenvalue weighted by atomic mass is 10.2. The summed E-state index contributed by atoms with van der Waals surface area (Å²) in [5.41, 5.74) is 0. The van der Waals surface area contributed by atoms with Crippen molar-refractivity contribution in [2.24, 2.45) is 0 Å². The Morgan fingerprint density at radius 3 is 3.29 bits per heavy atom. The second-order valence-corrected chi connectivity index (χ2v) is 5.61. The fourth-order valence-corrected chi connectivity index (χ4v) is 3.13. The zero-order chi connectivity index (χ0) is 9.80. The lowest BCUT2D eigenvalue weighted by molar-refractivity contribution is 0.803. The summed E-state index contributed by atoms with van der Waals surface area (Å²) >= 11 is 5.54. The molecule has 0 aromatic carbocycles. The SMILES string of the molecule is Brc1cccnc1NCC1CCCS1. The minimum atomic E-state index is 0.768. The van der Waals surface area contributed by atoms with Gasteiger partial charge in [-0.3, -0.25) is 0 Å².